The van der Waals surface area contributed by atoms with E-state index in [1.54, 1.807) is 11.8 Å². The standard InChI is InChI=1S/C21H23N3O5S/c1-3-27-20(26)14-5-4-8-24(10-14)19(25)16-11-28-18(22-16)12-30-21-23-15-9-13(2)6-7-17(15)29-21/h6-7,9,11,14H,3-5,8,10,12H2,1-2H3. The lowest BCUT2D eigenvalue weighted by atomic mass is 9.98. The van der Waals surface area contributed by atoms with Crippen molar-refractivity contribution in [2.45, 2.75) is 37.7 Å². The summed E-state index contributed by atoms with van der Waals surface area (Å²) in [4.78, 5) is 35.2. The zero-order valence-corrected chi connectivity index (χ0v) is 17.7. The number of benzene rings is 1. The molecule has 0 aliphatic carbocycles. The molecule has 1 aromatic carbocycles. The van der Waals surface area contributed by atoms with Crippen LogP contribution in [0.25, 0.3) is 11.1 Å². The number of rotatable bonds is 6. The normalized spacial score (nSPS) is 16.7. The topological polar surface area (TPSA) is 98.7 Å². The van der Waals surface area contributed by atoms with E-state index in [1.165, 1.54) is 18.0 Å². The van der Waals surface area contributed by atoms with Gasteiger partial charge in [0.25, 0.3) is 11.1 Å². The molecule has 8 nitrogen and oxygen atoms in total. The van der Waals surface area contributed by atoms with Crippen molar-refractivity contribution in [1.29, 1.82) is 0 Å². The van der Waals surface area contributed by atoms with Crippen molar-refractivity contribution in [3.63, 3.8) is 0 Å². The Kier molecular flexibility index (Phi) is 6.08. The molecule has 1 atom stereocenters. The van der Waals surface area contributed by atoms with Crippen LogP contribution >= 0.6 is 11.8 Å². The number of esters is 1. The lowest BCUT2D eigenvalue weighted by Crippen LogP contribution is -2.43. The third-order valence-corrected chi connectivity index (χ3v) is 5.75. The van der Waals surface area contributed by atoms with Crippen LogP contribution in [0.4, 0.5) is 0 Å². The predicted octanol–water partition coefficient (Wildman–Crippen LogP) is 3.83. The summed E-state index contributed by atoms with van der Waals surface area (Å²) < 4.78 is 16.3. The van der Waals surface area contributed by atoms with Crippen LogP contribution in [0.5, 0.6) is 0 Å². The summed E-state index contributed by atoms with van der Waals surface area (Å²) in [6.45, 7) is 5.06. The van der Waals surface area contributed by atoms with E-state index in [-0.39, 0.29) is 23.5 Å². The molecule has 158 valence electrons. The number of likely N-dealkylation sites (tertiary alicyclic amines) is 1. The van der Waals surface area contributed by atoms with Crippen LogP contribution < -0.4 is 0 Å². The summed E-state index contributed by atoms with van der Waals surface area (Å²) in [7, 11) is 0. The number of ether oxygens (including phenoxy) is 1. The Hall–Kier alpha value is -2.81. The van der Waals surface area contributed by atoms with Crippen LogP contribution in [-0.4, -0.2) is 46.4 Å². The number of carbonyl (C=O) groups excluding carboxylic acids is 2. The van der Waals surface area contributed by atoms with Crippen molar-refractivity contribution < 1.29 is 23.2 Å². The number of fused-ring (bicyclic) bond motifs is 1. The highest BCUT2D eigenvalue weighted by Crippen LogP contribution is 2.27. The number of oxazole rings is 2. The molecule has 4 rings (SSSR count). The summed E-state index contributed by atoms with van der Waals surface area (Å²) in [5.41, 5.74) is 2.89. The van der Waals surface area contributed by atoms with Gasteiger partial charge in [-0.05, 0) is 44.4 Å². The number of aromatic nitrogens is 2. The van der Waals surface area contributed by atoms with Crippen molar-refractivity contribution >= 4 is 34.7 Å². The minimum absolute atomic E-state index is 0.235. The molecular formula is C21H23N3O5S. The molecule has 3 heterocycles. The lowest BCUT2D eigenvalue weighted by molar-refractivity contribution is -0.149. The van der Waals surface area contributed by atoms with E-state index in [0.717, 1.165) is 29.5 Å². The molecule has 1 saturated heterocycles. The van der Waals surface area contributed by atoms with E-state index in [0.29, 0.717) is 36.6 Å². The molecule has 30 heavy (non-hydrogen) atoms. The van der Waals surface area contributed by atoms with Crippen molar-refractivity contribution in [1.82, 2.24) is 14.9 Å². The molecule has 9 heteroatoms. The van der Waals surface area contributed by atoms with Gasteiger partial charge in [0.1, 0.15) is 11.8 Å². The first-order chi connectivity index (χ1) is 14.5. The second kappa shape index (κ2) is 8.91. The smallest absolute Gasteiger partial charge is 0.310 e. The molecule has 2 aromatic heterocycles. The Bertz CT molecular complexity index is 1060. The Balaban J connectivity index is 1.37. The first-order valence-corrected chi connectivity index (χ1v) is 10.9. The highest BCUT2D eigenvalue weighted by molar-refractivity contribution is 7.98. The highest BCUT2D eigenvalue weighted by atomic mass is 32.2. The molecule has 0 bridgehead atoms. The number of amides is 1. The molecule has 0 radical (unpaired) electrons. The van der Waals surface area contributed by atoms with Crippen LogP contribution in [-0.2, 0) is 15.3 Å². The Morgan fingerprint density at radius 2 is 2.20 bits per heavy atom. The molecule has 1 aliphatic rings. The predicted molar refractivity (Wildman–Crippen MR) is 110 cm³/mol. The number of hydrogen-bond donors (Lipinski definition) is 0. The molecule has 0 spiro atoms. The number of nitrogens with zero attached hydrogens (tertiary/aromatic N) is 3. The Labute approximate surface area is 178 Å². The lowest BCUT2D eigenvalue weighted by Gasteiger charge is -2.30. The van der Waals surface area contributed by atoms with Crippen LogP contribution in [0.3, 0.4) is 0 Å². The van der Waals surface area contributed by atoms with E-state index in [9.17, 15) is 9.59 Å². The van der Waals surface area contributed by atoms with Crippen LogP contribution in [0.2, 0.25) is 0 Å². The monoisotopic (exact) mass is 429 g/mol. The summed E-state index contributed by atoms with van der Waals surface area (Å²) in [5.74, 6) is 0.0417. The van der Waals surface area contributed by atoms with Gasteiger partial charge in [0.15, 0.2) is 11.3 Å². The van der Waals surface area contributed by atoms with Crippen molar-refractivity contribution in [2.24, 2.45) is 5.92 Å². The van der Waals surface area contributed by atoms with Gasteiger partial charge in [0, 0.05) is 13.1 Å². The summed E-state index contributed by atoms with van der Waals surface area (Å²) in [5, 5.41) is 0.523. The molecule has 1 unspecified atom stereocenters. The van der Waals surface area contributed by atoms with Crippen molar-refractivity contribution in [3.8, 4) is 0 Å². The number of thioether (sulfide) groups is 1. The van der Waals surface area contributed by atoms with Gasteiger partial charge in [-0.25, -0.2) is 9.97 Å². The average Bonchev–Trinajstić information content (AvgIpc) is 3.38. The quantitative estimate of drug-likeness (QED) is 0.431. The fourth-order valence-corrected chi connectivity index (χ4v) is 4.14. The minimum Gasteiger partial charge on any atom is -0.466 e. The second-order valence-corrected chi connectivity index (χ2v) is 8.14. The number of hydrogen-bond acceptors (Lipinski definition) is 8. The third-order valence-electron chi connectivity index (χ3n) is 4.94. The first kappa shape index (κ1) is 20.5. The van der Waals surface area contributed by atoms with Crippen molar-refractivity contribution in [2.75, 3.05) is 19.7 Å². The largest absolute Gasteiger partial charge is 0.466 e. The molecule has 0 N–H and O–H groups in total. The SMILES string of the molecule is CCOC(=O)C1CCCN(C(=O)c2coc(CSc3nc4cc(C)ccc4o3)n2)C1. The van der Waals surface area contributed by atoms with Gasteiger partial charge in [0.2, 0.25) is 5.89 Å². The summed E-state index contributed by atoms with van der Waals surface area (Å²) >= 11 is 1.36. The molecular weight excluding hydrogens is 406 g/mol. The highest BCUT2D eigenvalue weighted by Gasteiger charge is 2.31. The van der Waals surface area contributed by atoms with Gasteiger partial charge >= 0.3 is 5.97 Å². The maximum absolute atomic E-state index is 12.8. The molecule has 1 amide bonds. The average molecular weight is 429 g/mol. The number of carbonyl (C=O) groups is 2. The van der Waals surface area contributed by atoms with Crippen LogP contribution in [0, 0.1) is 12.8 Å². The van der Waals surface area contributed by atoms with E-state index in [1.807, 2.05) is 25.1 Å². The molecule has 1 fully saturated rings. The zero-order chi connectivity index (χ0) is 21.1. The molecule has 0 saturated carbocycles. The second-order valence-electron chi connectivity index (χ2n) is 7.21. The van der Waals surface area contributed by atoms with E-state index in [2.05, 4.69) is 9.97 Å². The van der Waals surface area contributed by atoms with Crippen LogP contribution in [0.15, 0.2) is 38.5 Å². The van der Waals surface area contributed by atoms with Crippen molar-refractivity contribution in [3.05, 3.63) is 41.6 Å². The third kappa shape index (κ3) is 4.51. The van der Waals surface area contributed by atoms with Gasteiger partial charge in [-0.2, -0.15) is 0 Å². The molecule has 1 aliphatic heterocycles. The van der Waals surface area contributed by atoms with E-state index >= 15 is 0 Å². The fraction of sp³-hybridized carbons (Fsp3) is 0.429. The van der Waals surface area contributed by atoms with Gasteiger partial charge in [-0.15, -0.1) is 0 Å². The minimum atomic E-state index is -0.285. The van der Waals surface area contributed by atoms with E-state index in [4.69, 9.17) is 13.6 Å². The first-order valence-electron chi connectivity index (χ1n) is 9.93. The fourth-order valence-electron chi connectivity index (χ4n) is 3.45. The van der Waals surface area contributed by atoms with Gasteiger partial charge < -0.3 is 18.5 Å². The Morgan fingerprint density at radius 1 is 1.33 bits per heavy atom. The Morgan fingerprint density at radius 3 is 3.03 bits per heavy atom. The van der Waals surface area contributed by atoms with Gasteiger partial charge in [0.05, 0.1) is 18.3 Å². The molecule has 3 aromatic rings. The number of piperidine rings is 1. The summed E-state index contributed by atoms with van der Waals surface area (Å²) in [6, 6.07) is 5.83. The van der Waals surface area contributed by atoms with E-state index < -0.39 is 0 Å². The van der Waals surface area contributed by atoms with Gasteiger partial charge in [-0.1, -0.05) is 17.8 Å². The van der Waals surface area contributed by atoms with Gasteiger partial charge in [-0.3, -0.25) is 9.59 Å². The summed E-state index contributed by atoms with van der Waals surface area (Å²) in [6.07, 6.45) is 2.85. The van der Waals surface area contributed by atoms with Crippen LogP contribution in [0.1, 0.15) is 41.7 Å². The maximum Gasteiger partial charge on any atom is 0.310 e. The zero-order valence-electron chi connectivity index (χ0n) is 16.9. The number of aryl methyl sites for hydroxylation is 1. The maximum atomic E-state index is 12.8.